The second-order valence-corrected chi connectivity index (χ2v) is 4.65. The molecular weight excluding hydrogens is 223 g/mol. The van der Waals surface area contributed by atoms with E-state index in [1.165, 1.54) is 17.1 Å². The number of rotatable bonds is 4. The molecule has 0 fully saturated rings. The molecule has 0 radical (unpaired) electrons. The zero-order valence-electron chi connectivity index (χ0n) is 8.98. The molecule has 1 atom stereocenters. The van der Waals surface area contributed by atoms with Gasteiger partial charge < -0.3 is 5.32 Å². The molecule has 0 amide bonds. The first kappa shape index (κ1) is 11.2. The lowest BCUT2D eigenvalue weighted by molar-refractivity contribution is 0.564. The normalized spacial score (nSPS) is 12.6. The van der Waals surface area contributed by atoms with Crippen molar-refractivity contribution < 1.29 is 4.39 Å². The average Bonchev–Trinajstić information content (AvgIpc) is 2.78. The Morgan fingerprint density at radius 3 is 3.06 bits per heavy atom. The Kier molecular flexibility index (Phi) is 3.64. The van der Waals surface area contributed by atoms with Crippen molar-refractivity contribution in [3.8, 4) is 0 Å². The Morgan fingerprint density at radius 2 is 2.38 bits per heavy atom. The molecule has 0 aromatic carbocycles. The molecule has 1 unspecified atom stereocenters. The Bertz CT molecular complexity index is 442. The molecule has 0 saturated heterocycles. The van der Waals surface area contributed by atoms with E-state index in [2.05, 4.69) is 16.4 Å². The van der Waals surface area contributed by atoms with E-state index in [4.69, 9.17) is 0 Å². The van der Waals surface area contributed by atoms with Crippen LogP contribution in [0.15, 0.2) is 36.0 Å². The average molecular weight is 236 g/mol. The molecule has 16 heavy (non-hydrogen) atoms. The summed E-state index contributed by atoms with van der Waals surface area (Å²) in [7, 11) is 0. The van der Waals surface area contributed by atoms with Gasteiger partial charge in [0.15, 0.2) is 0 Å². The molecule has 2 heterocycles. The highest BCUT2D eigenvalue weighted by atomic mass is 32.1. The minimum atomic E-state index is -0.290. The number of nitrogens with one attached hydrogen (secondary N) is 1. The van der Waals surface area contributed by atoms with Crippen molar-refractivity contribution in [2.75, 3.05) is 0 Å². The number of nitrogens with zero attached hydrogens (tertiary/aromatic N) is 1. The molecular formula is C12H13FN2S. The summed E-state index contributed by atoms with van der Waals surface area (Å²) in [6.07, 6.45) is 2.91. The summed E-state index contributed by atoms with van der Waals surface area (Å²) in [5.41, 5.74) is 0.872. The van der Waals surface area contributed by atoms with Crippen LogP contribution in [0.5, 0.6) is 0 Å². The lowest BCUT2D eigenvalue weighted by Gasteiger charge is -2.12. The van der Waals surface area contributed by atoms with Gasteiger partial charge in [-0.2, -0.15) is 0 Å². The number of thiophene rings is 1. The van der Waals surface area contributed by atoms with Gasteiger partial charge in [0.2, 0.25) is 0 Å². The SMILES string of the molecule is CC(NCc1cccs1)c1cncc(F)c1. The molecule has 0 aliphatic heterocycles. The Balaban J connectivity index is 1.95. The number of pyridine rings is 1. The zero-order chi connectivity index (χ0) is 11.4. The van der Waals surface area contributed by atoms with Crippen LogP contribution in [0, 0.1) is 5.82 Å². The summed E-state index contributed by atoms with van der Waals surface area (Å²) in [6, 6.07) is 5.72. The van der Waals surface area contributed by atoms with Crippen molar-refractivity contribution in [2.24, 2.45) is 0 Å². The van der Waals surface area contributed by atoms with Gasteiger partial charge in [0.1, 0.15) is 5.82 Å². The largest absolute Gasteiger partial charge is 0.305 e. The molecule has 2 aromatic rings. The maximum Gasteiger partial charge on any atom is 0.141 e. The standard InChI is InChI=1S/C12H13FN2S/c1-9(10-5-11(13)7-14-6-10)15-8-12-3-2-4-16-12/h2-7,9,15H,8H2,1H3. The molecule has 0 aliphatic carbocycles. The molecule has 84 valence electrons. The summed E-state index contributed by atoms with van der Waals surface area (Å²) in [5.74, 6) is -0.290. The molecule has 2 aromatic heterocycles. The second-order valence-electron chi connectivity index (χ2n) is 3.62. The van der Waals surface area contributed by atoms with Crippen LogP contribution in [0.4, 0.5) is 4.39 Å². The fourth-order valence-electron chi connectivity index (χ4n) is 1.45. The van der Waals surface area contributed by atoms with E-state index in [-0.39, 0.29) is 11.9 Å². The van der Waals surface area contributed by atoms with Crippen molar-refractivity contribution in [2.45, 2.75) is 19.5 Å². The van der Waals surface area contributed by atoms with Crippen LogP contribution >= 0.6 is 11.3 Å². The van der Waals surface area contributed by atoms with Gasteiger partial charge in [0.05, 0.1) is 6.20 Å². The van der Waals surface area contributed by atoms with Gasteiger partial charge in [-0.1, -0.05) is 6.07 Å². The minimum absolute atomic E-state index is 0.102. The van der Waals surface area contributed by atoms with Crippen LogP contribution in [0.25, 0.3) is 0 Å². The van der Waals surface area contributed by atoms with E-state index in [9.17, 15) is 4.39 Å². The van der Waals surface area contributed by atoms with E-state index in [1.54, 1.807) is 17.5 Å². The summed E-state index contributed by atoms with van der Waals surface area (Å²) in [5, 5.41) is 5.38. The number of hydrogen-bond donors (Lipinski definition) is 1. The summed E-state index contributed by atoms with van der Waals surface area (Å²) >= 11 is 1.71. The first-order chi connectivity index (χ1) is 7.75. The van der Waals surface area contributed by atoms with E-state index < -0.39 is 0 Å². The van der Waals surface area contributed by atoms with Crippen molar-refractivity contribution in [1.29, 1.82) is 0 Å². The molecule has 0 saturated carbocycles. The van der Waals surface area contributed by atoms with Crippen molar-refractivity contribution >= 4 is 11.3 Å². The van der Waals surface area contributed by atoms with Crippen LogP contribution in [0.1, 0.15) is 23.4 Å². The first-order valence-corrected chi connectivity index (χ1v) is 6.00. The topological polar surface area (TPSA) is 24.9 Å². The maximum absolute atomic E-state index is 13.0. The molecule has 0 spiro atoms. The Morgan fingerprint density at radius 1 is 1.50 bits per heavy atom. The van der Waals surface area contributed by atoms with Crippen molar-refractivity contribution in [3.05, 3.63) is 52.2 Å². The fraction of sp³-hybridized carbons (Fsp3) is 0.250. The summed E-state index contributed by atoms with van der Waals surface area (Å²) in [4.78, 5) is 5.11. The zero-order valence-corrected chi connectivity index (χ0v) is 9.80. The fourth-order valence-corrected chi connectivity index (χ4v) is 2.11. The third-order valence-corrected chi connectivity index (χ3v) is 3.26. The minimum Gasteiger partial charge on any atom is -0.305 e. The van der Waals surface area contributed by atoms with Crippen LogP contribution < -0.4 is 5.32 Å². The van der Waals surface area contributed by atoms with Gasteiger partial charge in [-0.3, -0.25) is 4.98 Å². The van der Waals surface area contributed by atoms with Crippen LogP contribution in [-0.4, -0.2) is 4.98 Å². The highest BCUT2D eigenvalue weighted by Crippen LogP contribution is 2.14. The van der Waals surface area contributed by atoms with Crippen molar-refractivity contribution in [3.63, 3.8) is 0 Å². The van der Waals surface area contributed by atoms with Crippen LogP contribution in [-0.2, 0) is 6.54 Å². The molecule has 0 bridgehead atoms. The number of aromatic nitrogens is 1. The third-order valence-electron chi connectivity index (χ3n) is 2.39. The predicted molar refractivity (Wildman–Crippen MR) is 63.8 cm³/mol. The Labute approximate surface area is 98.2 Å². The van der Waals surface area contributed by atoms with Crippen LogP contribution in [0.2, 0.25) is 0 Å². The summed E-state index contributed by atoms with van der Waals surface area (Å²) in [6.45, 7) is 2.80. The highest BCUT2D eigenvalue weighted by molar-refractivity contribution is 7.09. The van der Waals surface area contributed by atoms with E-state index in [0.717, 1.165) is 12.1 Å². The lowest BCUT2D eigenvalue weighted by atomic mass is 10.1. The molecule has 4 heteroatoms. The smallest absolute Gasteiger partial charge is 0.141 e. The second kappa shape index (κ2) is 5.18. The number of hydrogen-bond acceptors (Lipinski definition) is 3. The third kappa shape index (κ3) is 2.87. The van der Waals surface area contributed by atoms with E-state index in [1.807, 2.05) is 18.4 Å². The molecule has 2 rings (SSSR count). The van der Waals surface area contributed by atoms with E-state index >= 15 is 0 Å². The van der Waals surface area contributed by atoms with Gasteiger partial charge in [-0.05, 0) is 30.0 Å². The van der Waals surface area contributed by atoms with Crippen LogP contribution in [0.3, 0.4) is 0 Å². The monoisotopic (exact) mass is 236 g/mol. The quantitative estimate of drug-likeness (QED) is 0.882. The predicted octanol–water partition coefficient (Wildman–Crippen LogP) is 3.13. The van der Waals surface area contributed by atoms with Gasteiger partial charge in [0, 0.05) is 23.7 Å². The lowest BCUT2D eigenvalue weighted by Crippen LogP contribution is -2.17. The molecule has 0 aliphatic rings. The van der Waals surface area contributed by atoms with Gasteiger partial charge in [-0.15, -0.1) is 11.3 Å². The van der Waals surface area contributed by atoms with Crippen molar-refractivity contribution in [1.82, 2.24) is 10.3 Å². The number of halogens is 1. The van der Waals surface area contributed by atoms with Gasteiger partial charge in [-0.25, -0.2) is 4.39 Å². The molecule has 1 N–H and O–H groups in total. The molecule has 2 nitrogen and oxygen atoms in total. The first-order valence-electron chi connectivity index (χ1n) is 5.12. The summed E-state index contributed by atoms with van der Waals surface area (Å²) < 4.78 is 13.0. The van der Waals surface area contributed by atoms with Gasteiger partial charge in [0.25, 0.3) is 0 Å². The van der Waals surface area contributed by atoms with Gasteiger partial charge >= 0.3 is 0 Å². The highest BCUT2D eigenvalue weighted by Gasteiger charge is 2.06. The van der Waals surface area contributed by atoms with E-state index in [0.29, 0.717) is 0 Å². The Hall–Kier alpha value is -1.26. The maximum atomic E-state index is 13.0.